The van der Waals surface area contributed by atoms with Gasteiger partial charge in [0.25, 0.3) is 0 Å². The fraction of sp³-hybridized carbons (Fsp3) is 0.867. The Morgan fingerprint density at radius 3 is 2.29 bits per heavy atom. The van der Waals surface area contributed by atoms with Gasteiger partial charge in [-0.1, -0.05) is 40.2 Å². The van der Waals surface area contributed by atoms with Gasteiger partial charge in [0.15, 0.2) is 8.32 Å². The summed E-state index contributed by atoms with van der Waals surface area (Å²) in [5, 5.41) is 0.329. The van der Waals surface area contributed by atoms with Crippen LogP contribution in [-0.4, -0.2) is 14.9 Å². The van der Waals surface area contributed by atoms with Crippen molar-refractivity contribution in [3.8, 4) is 0 Å². The average Bonchev–Trinajstić information content (AvgIpc) is 2.20. The van der Waals surface area contributed by atoms with E-state index in [1.165, 1.54) is 19.3 Å². The topological polar surface area (TPSA) is 9.23 Å². The van der Waals surface area contributed by atoms with Crippen molar-refractivity contribution in [1.29, 1.82) is 0 Å². The first-order valence-corrected chi connectivity index (χ1v) is 9.86. The van der Waals surface area contributed by atoms with Crippen molar-refractivity contribution in [2.24, 2.45) is 5.92 Å². The van der Waals surface area contributed by atoms with Gasteiger partial charge in [-0.05, 0) is 43.3 Å². The Bertz CT molecular complexity index is 215. The van der Waals surface area contributed by atoms with Crippen LogP contribution >= 0.6 is 0 Å². The summed E-state index contributed by atoms with van der Waals surface area (Å²) < 4.78 is 6.23. The van der Waals surface area contributed by atoms with Gasteiger partial charge in [0, 0.05) is 6.61 Å². The van der Waals surface area contributed by atoms with Crippen LogP contribution in [0.3, 0.4) is 0 Å². The minimum absolute atomic E-state index is 0.329. The van der Waals surface area contributed by atoms with Gasteiger partial charge in [-0.15, -0.1) is 6.58 Å². The third-order valence-electron chi connectivity index (χ3n) is 3.89. The molecule has 1 nitrogen and oxygen atoms in total. The molecule has 0 rings (SSSR count). The predicted octanol–water partition coefficient (Wildman–Crippen LogP) is 5.39. The van der Waals surface area contributed by atoms with Crippen molar-refractivity contribution in [1.82, 2.24) is 0 Å². The average molecular weight is 257 g/mol. The normalized spacial score (nSPS) is 14.7. The van der Waals surface area contributed by atoms with E-state index in [1.807, 2.05) is 6.08 Å². The molecule has 0 amide bonds. The maximum Gasteiger partial charge on any atom is 0.191 e. The zero-order chi connectivity index (χ0) is 13.5. The Balaban J connectivity index is 3.83. The highest BCUT2D eigenvalue weighted by Gasteiger charge is 2.37. The molecule has 2 heteroatoms. The zero-order valence-corrected chi connectivity index (χ0v) is 13.8. The summed E-state index contributed by atoms with van der Waals surface area (Å²) >= 11 is 0. The van der Waals surface area contributed by atoms with Gasteiger partial charge in [0.2, 0.25) is 0 Å². The van der Waals surface area contributed by atoms with E-state index >= 15 is 0 Å². The van der Waals surface area contributed by atoms with E-state index in [4.69, 9.17) is 4.43 Å². The highest BCUT2D eigenvalue weighted by molar-refractivity contribution is 6.74. The lowest BCUT2D eigenvalue weighted by Gasteiger charge is -2.37. The molecule has 0 aliphatic carbocycles. The summed E-state index contributed by atoms with van der Waals surface area (Å²) in [5.74, 6) is 0.689. The largest absolute Gasteiger partial charge is 0.417 e. The molecular formula is C15H32OSi. The number of unbranched alkanes of at least 4 members (excludes halogenated alkanes) is 2. The van der Waals surface area contributed by atoms with Crippen molar-refractivity contribution in [3.05, 3.63) is 12.7 Å². The molecule has 0 aliphatic rings. The lowest BCUT2D eigenvalue weighted by molar-refractivity contribution is 0.228. The molecule has 17 heavy (non-hydrogen) atoms. The third kappa shape index (κ3) is 7.05. The fourth-order valence-corrected chi connectivity index (χ4v) is 2.57. The van der Waals surface area contributed by atoms with Crippen molar-refractivity contribution in [2.45, 2.75) is 71.5 Å². The molecule has 0 radical (unpaired) electrons. The quantitative estimate of drug-likeness (QED) is 0.321. The summed E-state index contributed by atoms with van der Waals surface area (Å²) in [7, 11) is -1.54. The molecule has 0 saturated heterocycles. The van der Waals surface area contributed by atoms with Crippen LogP contribution in [0.2, 0.25) is 18.1 Å². The SMILES string of the molecule is C=CCCCC[C@@H](C)CO[Si](C)(C)C(C)(C)C. The van der Waals surface area contributed by atoms with Crippen molar-refractivity contribution < 1.29 is 4.43 Å². The van der Waals surface area contributed by atoms with Gasteiger partial charge in [-0.25, -0.2) is 0 Å². The maximum atomic E-state index is 6.23. The lowest BCUT2D eigenvalue weighted by Crippen LogP contribution is -2.41. The monoisotopic (exact) mass is 256 g/mol. The van der Waals surface area contributed by atoms with Crippen molar-refractivity contribution in [2.75, 3.05) is 6.61 Å². The van der Waals surface area contributed by atoms with Crippen LogP contribution in [-0.2, 0) is 4.43 Å². The maximum absolute atomic E-state index is 6.23. The number of rotatable bonds is 8. The summed E-state index contributed by atoms with van der Waals surface area (Å²) in [6.45, 7) is 18.6. The van der Waals surface area contributed by atoms with E-state index in [2.05, 4.69) is 47.4 Å². The van der Waals surface area contributed by atoms with Crippen LogP contribution in [0.4, 0.5) is 0 Å². The van der Waals surface area contributed by atoms with Crippen LogP contribution in [0.25, 0.3) is 0 Å². The van der Waals surface area contributed by atoms with Crippen LogP contribution in [0.5, 0.6) is 0 Å². The Kier molecular flexibility index (Phi) is 7.34. The van der Waals surface area contributed by atoms with E-state index in [0.29, 0.717) is 11.0 Å². The molecule has 0 saturated carbocycles. The molecule has 0 aromatic carbocycles. The molecule has 0 heterocycles. The van der Waals surface area contributed by atoms with Gasteiger partial charge >= 0.3 is 0 Å². The Morgan fingerprint density at radius 2 is 1.82 bits per heavy atom. The summed E-state index contributed by atoms with van der Waals surface area (Å²) in [6, 6.07) is 0. The zero-order valence-electron chi connectivity index (χ0n) is 12.8. The third-order valence-corrected chi connectivity index (χ3v) is 8.39. The van der Waals surface area contributed by atoms with Gasteiger partial charge < -0.3 is 4.43 Å². The van der Waals surface area contributed by atoms with Crippen LogP contribution in [0.1, 0.15) is 53.4 Å². The fourth-order valence-electron chi connectivity index (χ4n) is 1.43. The minimum atomic E-state index is -1.54. The molecule has 0 N–H and O–H groups in total. The standard InChI is InChI=1S/C15H32OSi/c1-8-9-10-11-12-14(2)13-16-17(6,7)15(3,4)5/h8,14H,1,9-13H2,2-7H3/t14-/m1/s1. The van der Waals surface area contributed by atoms with E-state index in [-0.39, 0.29) is 0 Å². The summed E-state index contributed by atoms with van der Waals surface area (Å²) in [5.41, 5.74) is 0. The molecule has 102 valence electrons. The van der Waals surface area contributed by atoms with Crippen molar-refractivity contribution >= 4 is 8.32 Å². The minimum Gasteiger partial charge on any atom is -0.417 e. The van der Waals surface area contributed by atoms with Gasteiger partial charge in [-0.2, -0.15) is 0 Å². The first kappa shape index (κ1) is 16.9. The first-order valence-electron chi connectivity index (χ1n) is 6.95. The molecule has 0 aromatic rings. The second-order valence-electron chi connectivity index (χ2n) is 6.75. The van der Waals surface area contributed by atoms with Gasteiger partial charge in [0.1, 0.15) is 0 Å². The Hall–Kier alpha value is -0.0831. The summed E-state index contributed by atoms with van der Waals surface area (Å²) in [6.07, 6.45) is 7.01. The van der Waals surface area contributed by atoms with Crippen LogP contribution in [0.15, 0.2) is 12.7 Å². The van der Waals surface area contributed by atoms with E-state index in [0.717, 1.165) is 13.0 Å². The van der Waals surface area contributed by atoms with E-state index in [9.17, 15) is 0 Å². The number of allylic oxidation sites excluding steroid dienone is 1. The van der Waals surface area contributed by atoms with Gasteiger partial charge in [-0.3, -0.25) is 0 Å². The molecular weight excluding hydrogens is 224 g/mol. The number of hydrogen-bond acceptors (Lipinski definition) is 1. The highest BCUT2D eigenvalue weighted by atomic mass is 28.4. The lowest BCUT2D eigenvalue weighted by atomic mass is 10.0. The highest BCUT2D eigenvalue weighted by Crippen LogP contribution is 2.36. The molecule has 0 aromatic heterocycles. The second kappa shape index (κ2) is 7.37. The predicted molar refractivity (Wildman–Crippen MR) is 81.0 cm³/mol. The molecule has 0 fully saturated rings. The second-order valence-corrected chi connectivity index (χ2v) is 11.6. The Labute approximate surface area is 110 Å². The number of hydrogen-bond donors (Lipinski definition) is 0. The van der Waals surface area contributed by atoms with Crippen molar-refractivity contribution in [3.63, 3.8) is 0 Å². The molecule has 1 atom stereocenters. The molecule has 0 bridgehead atoms. The van der Waals surface area contributed by atoms with Crippen LogP contribution < -0.4 is 0 Å². The van der Waals surface area contributed by atoms with Gasteiger partial charge in [0.05, 0.1) is 0 Å². The first-order chi connectivity index (χ1) is 7.70. The molecule has 0 aliphatic heterocycles. The van der Waals surface area contributed by atoms with E-state index < -0.39 is 8.32 Å². The van der Waals surface area contributed by atoms with E-state index in [1.54, 1.807) is 0 Å². The summed E-state index contributed by atoms with van der Waals surface area (Å²) in [4.78, 5) is 0. The molecule has 0 spiro atoms. The Morgan fingerprint density at radius 1 is 1.24 bits per heavy atom. The smallest absolute Gasteiger partial charge is 0.191 e. The van der Waals surface area contributed by atoms with Crippen LogP contribution in [0, 0.1) is 5.92 Å². The molecule has 0 unspecified atom stereocenters.